The summed E-state index contributed by atoms with van der Waals surface area (Å²) in [5.74, 6) is -1.92. The van der Waals surface area contributed by atoms with Crippen molar-refractivity contribution >= 4 is 17.8 Å². The molecule has 0 aromatic carbocycles. The van der Waals surface area contributed by atoms with Crippen LogP contribution in [0.25, 0.3) is 0 Å². The molecule has 0 saturated carbocycles. The number of nitrogens with zero attached hydrogens (tertiary/aromatic N) is 1. The van der Waals surface area contributed by atoms with Gasteiger partial charge in [-0.3, -0.25) is 19.3 Å². The summed E-state index contributed by atoms with van der Waals surface area (Å²) in [5, 5.41) is 8.59. The van der Waals surface area contributed by atoms with Gasteiger partial charge in [0.05, 0.1) is 18.3 Å². The average Bonchev–Trinajstić information content (AvgIpc) is 2.49. The summed E-state index contributed by atoms with van der Waals surface area (Å²) in [4.78, 5) is 35.5. The van der Waals surface area contributed by atoms with E-state index < -0.39 is 5.97 Å². The predicted octanol–water partition coefficient (Wildman–Crippen LogP) is 0.802. The van der Waals surface area contributed by atoms with Gasteiger partial charge in [-0.2, -0.15) is 0 Å². The van der Waals surface area contributed by atoms with E-state index in [-0.39, 0.29) is 36.6 Å². The Morgan fingerprint density at radius 3 is 2.71 bits per heavy atom. The second kappa shape index (κ2) is 4.31. The Morgan fingerprint density at radius 1 is 1.41 bits per heavy atom. The smallest absolute Gasteiger partial charge is 0.305 e. The number of rotatable bonds is 3. The molecule has 1 saturated heterocycles. The number of carbonyl (C=O) groups excluding carboxylic acids is 2. The van der Waals surface area contributed by atoms with Crippen molar-refractivity contribution in [2.75, 3.05) is 6.54 Å². The van der Waals surface area contributed by atoms with Crippen LogP contribution in [-0.4, -0.2) is 34.3 Å². The normalized spacial score (nSPS) is 28.1. The molecule has 0 bridgehead atoms. The first kappa shape index (κ1) is 11.8. The Labute approximate surface area is 99.1 Å². The number of hydrogen-bond donors (Lipinski definition) is 1. The largest absolute Gasteiger partial charge is 0.481 e. The maximum Gasteiger partial charge on any atom is 0.305 e. The van der Waals surface area contributed by atoms with Crippen molar-refractivity contribution in [1.82, 2.24) is 4.90 Å². The number of carboxylic acids is 1. The van der Waals surface area contributed by atoms with Gasteiger partial charge in [-0.15, -0.1) is 0 Å². The van der Waals surface area contributed by atoms with Gasteiger partial charge in [0, 0.05) is 6.54 Å². The zero-order valence-corrected chi connectivity index (χ0v) is 9.68. The first-order valence-corrected chi connectivity index (χ1v) is 5.73. The highest BCUT2D eigenvalue weighted by atomic mass is 16.4. The van der Waals surface area contributed by atoms with Crippen LogP contribution in [0.2, 0.25) is 0 Å². The van der Waals surface area contributed by atoms with Gasteiger partial charge < -0.3 is 5.11 Å². The maximum absolute atomic E-state index is 12.0. The third-order valence-electron chi connectivity index (χ3n) is 3.46. The fourth-order valence-electron chi connectivity index (χ4n) is 2.53. The summed E-state index contributed by atoms with van der Waals surface area (Å²) in [6, 6.07) is 0. The lowest BCUT2D eigenvalue weighted by molar-refractivity contribution is -0.142. The molecule has 0 spiro atoms. The van der Waals surface area contributed by atoms with Gasteiger partial charge in [-0.05, 0) is 19.8 Å². The van der Waals surface area contributed by atoms with E-state index in [1.165, 1.54) is 0 Å². The van der Waals surface area contributed by atoms with Gasteiger partial charge in [0.15, 0.2) is 0 Å². The molecule has 0 radical (unpaired) electrons. The zero-order chi connectivity index (χ0) is 12.6. The van der Waals surface area contributed by atoms with E-state index in [9.17, 15) is 14.4 Å². The van der Waals surface area contributed by atoms with Crippen molar-refractivity contribution in [1.29, 1.82) is 0 Å². The molecule has 0 aromatic heterocycles. The average molecular weight is 237 g/mol. The summed E-state index contributed by atoms with van der Waals surface area (Å²) in [6.45, 7) is 1.95. The lowest BCUT2D eigenvalue weighted by Crippen LogP contribution is -2.33. The third kappa shape index (κ3) is 2.09. The van der Waals surface area contributed by atoms with E-state index >= 15 is 0 Å². The molecule has 2 aliphatic rings. The van der Waals surface area contributed by atoms with Crippen LogP contribution < -0.4 is 0 Å². The lowest BCUT2D eigenvalue weighted by Gasteiger charge is -2.19. The first-order chi connectivity index (χ1) is 8.00. The minimum absolute atomic E-state index is 0.000945. The number of allylic oxidation sites excluding steroid dienone is 2. The van der Waals surface area contributed by atoms with E-state index in [1.807, 2.05) is 13.0 Å². The summed E-state index contributed by atoms with van der Waals surface area (Å²) in [6.07, 6.45) is 3.04. The number of carbonyl (C=O) groups is 3. The van der Waals surface area contributed by atoms with Crippen molar-refractivity contribution in [3.63, 3.8) is 0 Å². The van der Waals surface area contributed by atoms with Crippen LogP contribution in [0.1, 0.15) is 26.2 Å². The first-order valence-electron chi connectivity index (χ1n) is 5.73. The van der Waals surface area contributed by atoms with E-state index in [4.69, 9.17) is 5.11 Å². The summed E-state index contributed by atoms with van der Waals surface area (Å²) >= 11 is 0. The molecule has 5 heteroatoms. The number of imide groups is 1. The van der Waals surface area contributed by atoms with Gasteiger partial charge in [0.1, 0.15) is 0 Å². The number of hydrogen-bond acceptors (Lipinski definition) is 3. The van der Waals surface area contributed by atoms with Gasteiger partial charge in [-0.1, -0.05) is 11.6 Å². The van der Waals surface area contributed by atoms with Gasteiger partial charge >= 0.3 is 5.97 Å². The van der Waals surface area contributed by atoms with Crippen LogP contribution in [0.15, 0.2) is 11.6 Å². The molecular weight excluding hydrogens is 222 g/mol. The number of amides is 2. The topological polar surface area (TPSA) is 74.7 Å². The molecule has 92 valence electrons. The summed E-state index contributed by atoms with van der Waals surface area (Å²) in [5.41, 5.74) is 1.13. The molecule has 2 amide bonds. The predicted molar refractivity (Wildman–Crippen MR) is 58.9 cm³/mol. The highest BCUT2D eigenvalue weighted by molar-refractivity contribution is 6.05. The summed E-state index contributed by atoms with van der Waals surface area (Å²) < 4.78 is 0. The Morgan fingerprint density at radius 2 is 2.06 bits per heavy atom. The molecular formula is C12H15NO4. The van der Waals surface area contributed by atoms with Crippen LogP contribution in [0.5, 0.6) is 0 Å². The Bertz CT molecular complexity index is 413. The minimum Gasteiger partial charge on any atom is -0.481 e. The molecule has 1 N–H and O–H groups in total. The molecule has 2 atom stereocenters. The van der Waals surface area contributed by atoms with E-state index in [1.54, 1.807) is 0 Å². The molecule has 0 aromatic rings. The van der Waals surface area contributed by atoms with Crippen LogP contribution >= 0.6 is 0 Å². The fraction of sp³-hybridized carbons (Fsp3) is 0.583. The third-order valence-corrected chi connectivity index (χ3v) is 3.46. The second-order valence-corrected chi connectivity index (χ2v) is 4.68. The molecule has 5 nitrogen and oxygen atoms in total. The minimum atomic E-state index is -0.991. The number of aliphatic carboxylic acids is 1. The molecule has 1 aliphatic carbocycles. The van der Waals surface area contributed by atoms with Crippen LogP contribution in [0, 0.1) is 11.8 Å². The lowest BCUT2D eigenvalue weighted by atomic mass is 9.82. The van der Waals surface area contributed by atoms with Crippen LogP contribution in [0.3, 0.4) is 0 Å². The van der Waals surface area contributed by atoms with E-state index in [0.717, 1.165) is 10.5 Å². The highest BCUT2D eigenvalue weighted by Crippen LogP contribution is 2.37. The van der Waals surface area contributed by atoms with Crippen molar-refractivity contribution in [3.8, 4) is 0 Å². The molecule has 2 rings (SSSR count). The van der Waals surface area contributed by atoms with Crippen molar-refractivity contribution in [3.05, 3.63) is 11.6 Å². The summed E-state index contributed by atoms with van der Waals surface area (Å²) in [7, 11) is 0. The number of carboxylic acid groups (broad SMARTS) is 1. The van der Waals surface area contributed by atoms with Crippen LogP contribution in [-0.2, 0) is 14.4 Å². The second-order valence-electron chi connectivity index (χ2n) is 4.68. The molecule has 1 heterocycles. The monoisotopic (exact) mass is 237 g/mol. The molecule has 2 unspecified atom stereocenters. The Balaban J connectivity index is 2.11. The van der Waals surface area contributed by atoms with Crippen LogP contribution in [0.4, 0.5) is 0 Å². The Hall–Kier alpha value is -1.65. The molecule has 1 aliphatic heterocycles. The standard InChI is InChI=1S/C12H15NO4/c1-7-2-3-8-9(6-7)12(17)13(11(8)16)5-4-10(14)15/h2,8-9H,3-6H2,1H3,(H,14,15). The van der Waals surface area contributed by atoms with E-state index in [2.05, 4.69) is 0 Å². The highest BCUT2D eigenvalue weighted by Gasteiger charge is 2.47. The van der Waals surface area contributed by atoms with Crippen molar-refractivity contribution in [2.45, 2.75) is 26.2 Å². The molecule has 17 heavy (non-hydrogen) atoms. The number of fused-ring (bicyclic) bond motifs is 1. The van der Waals surface area contributed by atoms with Crippen molar-refractivity contribution in [2.24, 2.45) is 11.8 Å². The zero-order valence-electron chi connectivity index (χ0n) is 9.68. The Kier molecular flexibility index (Phi) is 3.00. The molecule has 1 fully saturated rings. The SMILES string of the molecule is CC1=CCC2C(=O)N(CCC(=O)O)C(=O)C2C1. The van der Waals surface area contributed by atoms with Gasteiger partial charge in [-0.25, -0.2) is 0 Å². The number of likely N-dealkylation sites (tertiary alicyclic amines) is 1. The van der Waals surface area contributed by atoms with Gasteiger partial charge in [0.2, 0.25) is 11.8 Å². The quantitative estimate of drug-likeness (QED) is 0.582. The van der Waals surface area contributed by atoms with Crippen molar-refractivity contribution < 1.29 is 19.5 Å². The maximum atomic E-state index is 12.0. The van der Waals surface area contributed by atoms with E-state index in [0.29, 0.717) is 12.8 Å². The van der Waals surface area contributed by atoms with Gasteiger partial charge in [0.25, 0.3) is 0 Å². The fourth-order valence-corrected chi connectivity index (χ4v) is 2.53.